The number of piperidine rings is 1. The Hall–Kier alpha value is -3.23. The smallest absolute Gasteiger partial charge is 0.239 e. The fourth-order valence-corrected chi connectivity index (χ4v) is 3.49. The third kappa shape index (κ3) is 3.88. The topological polar surface area (TPSA) is 85.9 Å². The standard InChI is InChI=1S/C19H20F2N6O/c20-12-3-4-16(15(21)8-12)23-9-17(28)26-13-2-1-7-27(10-13)19-14-5-6-22-18(14)24-11-25-19/h3-6,8,11,13,23H,1-2,7,9-10H2,(H,26,28)(H,22,24,25)/t13-/m1/s1. The molecule has 0 bridgehead atoms. The lowest BCUT2D eigenvalue weighted by molar-refractivity contribution is -0.120. The Morgan fingerprint density at radius 2 is 2.18 bits per heavy atom. The number of amides is 1. The van der Waals surface area contributed by atoms with Gasteiger partial charge in [-0.25, -0.2) is 18.7 Å². The third-order valence-electron chi connectivity index (χ3n) is 4.79. The lowest BCUT2D eigenvalue weighted by atomic mass is 10.1. The number of halogens is 2. The SMILES string of the molecule is O=C(CNc1ccc(F)cc1F)N[C@@H]1CCCN(c2ncnc3[nH]ccc23)C1. The average Bonchev–Trinajstić information content (AvgIpc) is 3.16. The van der Waals surface area contributed by atoms with Crippen molar-refractivity contribution < 1.29 is 13.6 Å². The number of carbonyl (C=O) groups is 1. The highest BCUT2D eigenvalue weighted by Crippen LogP contribution is 2.25. The summed E-state index contributed by atoms with van der Waals surface area (Å²) in [5.41, 5.74) is 0.874. The zero-order valence-electron chi connectivity index (χ0n) is 15.1. The summed E-state index contributed by atoms with van der Waals surface area (Å²) in [7, 11) is 0. The van der Waals surface area contributed by atoms with E-state index in [1.807, 2.05) is 12.3 Å². The minimum atomic E-state index is -0.726. The van der Waals surface area contributed by atoms with Gasteiger partial charge in [-0.3, -0.25) is 4.79 Å². The van der Waals surface area contributed by atoms with Gasteiger partial charge in [0, 0.05) is 31.4 Å². The zero-order chi connectivity index (χ0) is 19.5. The van der Waals surface area contributed by atoms with Gasteiger partial charge < -0.3 is 20.5 Å². The largest absolute Gasteiger partial charge is 0.374 e. The van der Waals surface area contributed by atoms with Gasteiger partial charge in [-0.05, 0) is 31.0 Å². The first-order chi connectivity index (χ1) is 13.6. The molecule has 1 amide bonds. The number of nitrogens with zero attached hydrogens (tertiary/aromatic N) is 3. The van der Waals surface area contributed by atoms with Crippen LogP contribution in [0.25, 0.3) is 11.0 Å². The molecule has 4 rings (SSSR count). The summed E-state index contributed by atoms with van der Waals surface area (Å²) in [6.07, 6.45) is 5.12. The second-order valence-electron chi connectivity index (χ2n) is 6.77. The molecule has 1 aromatic carbocycles. The van der Waals surface area contributed by atoms with E-state index >= 15 is 0 Å². The second-order valence-corrected chi connectivity index (χ2v) is 6.77. The van der Waals surface area contributed by atoms with E-state index in [2.05, 4.69) is 30.5 Å². The van der Waals surface area contributed by atoms with Crippen LogP contribution in [0.4, 0.5) is 20.3 Å². The van der Waals surface area contributed by atoms with E-state index in [1.54, 1.807) is 0 Å². The van der Waals surface area contributed by atoms with Crippen molar-refractivity contribution in [3.8, 4) is 0 Å². The normalized spacial score (nSPS) is 16.9. The van der Waals surface area contributed by atoms with Crippen LogP contribution < -0.4 is 15.5 Å². The van der Waals surface area contributed by atoms with Crippen molar-refractivity contribution in [2.75, 3.05) is 29.9 Å². The molecule has 1 saturated heterocycles. The molecular formula is C19H20F2N6O. The Labute approximate surface area is 160 Å². The molecule has 1 aliphatic rings. The van der Waals surface area contributed by atoms with Crippen LogP contribution in [0.3, 0.4) is 0 Å². The third-order valence-corrected chi connectivity index (χ3v) is 4.79. The molecule has 0 unspecified atom stereocenters. The second kappa shape index (κ2) is 7.79. The molecule has 0 aliphatic carbocycles. The maximum Gasteiger partial charge on any atom is 0.239 e. The highest BCUT2D eigenvalue weighted by molar-refractivity contribution is 5.87. The monoisotopic (exact) mass is 386 g/mol. The van der Waals surface area contributed by atoms with Crippen LogP contribution in [-0.2, 0) is 4.79 Å². The molecule has 9 heteroatoms. The van der Waals surface area contributed by atoms with Gasteiger partial charge in [0.2, 0.25) is 5.91 Å². The van der Waals surface area contributed by atoms with Gasteiger partial charge in [-0.15, -0.1) is 0 Å². The number of carbonyl (C=O) groups excluding carboxylic acids is 1. The first kappa shape index (κ1) is 18.1. The average molecular weight is 386 g/mol. The number of hydrogen-bond donors (Lipinski definition) is 3. The van der Waals surface area contributed by atoms with Crippen molar-refractivity contribution in [2.24, 2.45) is 0 Å². The number of fused-ring (bicyclic) bond motifs is 1. The van der Waals surface area contributed by atoms with Gasteiger partial charge in [0.15, 0.2) is 0 Å². The van der Waals surface area contributed by atoms with Crippen molar-refractivity contribution in [1.29, 1.82) is 0 Å². The summed E-state index contributed by atoms with van der Waals surface area (Å²) in [5.74, 6) is -0.784. The van der Waals surface area contributed by atoms with Gasteiger partial charge in [-0.1, -0.05) is 0 Å². The maximum absolute atomic E-state index is 13.6. The molecular weight excluding hydrogens is 366 g/mol. The lowest BCUT2D eigenvalue weighted by Crippen LogP contribution is -2.49. The lowest BCUT2D eigenvalue weighted by Gasteiger charge is -2.34. The van der Waals surface area contributed by atoms with E-state index in [0.717, 1.165) is 48.4 Å². The fraction of sp³-hybridized carbons (Fsp3) is 0.316. The Morgan fingerprint density at radius 3 is 3.04 bits per heavy atom. The Kier molecular flexibility index (Phi) is 5.05. The number of anilines is 2. The van der Waals surface area contributed by atoms with E-state index in [0.29, 0.717) is 6.54 Å². The number of rotatable bonds is 5. The molecule has 1 aliphatic heterocycles. The van der Waals surface area contributed by atoms with Gasteiger partial charge in [0.25, 0.3) is 0 Å². The van der Waals surface area contributed by atoms with Crippen LogP contribution in [0.5, 0.6) is 0 Å². The minimum Gasteiger partial charge on any atom is -0.374 e. The summed E-state index contributed by atoms with van der Waals surface area (Å²) in [5, 5.41) is 6.62. The van der Waals surface area contributed by atoms with Crippen LogP contribution in [0.2, 0.25) is 0 Å². The van der Waals surface area contributed by atoms with E-state index in [-0.39, 0.29) is 24.2 Å². The van der Waals surface area contributed by atoms with E-state index in [9.17, 15) is 13.6 Å². The molecule has 0 spiro atoms. The quantitative estimate of drug-likeness (QED) is 0.627. The number of nitrogens with one attached hydrogen (secondary N) is 3. The Bertz CT molecular complexity index is 991. The van der Waals surface area contributed by atoms with Crippen molar-refractivity contribution in [1.82, 2.24) is 20.3 Å². The van der Waals surface area contributed by atoms with Crippen LogP contribution in [0.1, 0.15) is 12.8 Å². The van der Waals surface area contributed by atoms with Crippen molar-refractivity contribution >= 4 is 28.4 Å². The van der Waals surface area contributed by atoms with Crippen LogP contribution >= 0.6 is 0 Å². The van der Waals surface area contributed by atoms with Gasteiger partial charge in [0.1, 0.15) is 29.4 Å². The number of aromatic amines is 1. The molecule has 3 N–H and O–H groups in total. The summed E-state index contributed by atoms with van der Waals surface area (Å²) in [6.45, 7) is 1.39. The van der Waals surface area contributed by atoms with Gasteiger partial charge in [-0.2, -0.15) is 0 Å². The van der Waals surface area contributed by atoms with Crippen molar-refractivity contribution in [2.45, 2.75) is 18.9 Å². The number of aromatic nitrogens is 3. The fourth-order valence-electron chi connectivity index (χ4n) is 3.49. The number of H-pyrrole nitrogens is 1. The van der Waals surface area contributed by atoms with E-state index in [4.69, 9.17) is 0 Å². The molecule has 28 heavy (non-hydrogen) atoms. The molecule has 3 heterocycles. The molecule has 0 saturated carbocycles. The Balaban J connectivity index is 1.36. The number of hydrogen-bond acceptors (Lipinski definition) is 5. The van der Waals surface area contributed by atoms with Gasteiger partial charge in [0.05, 0.1) is 17.6 Å². The molecule has 3 aromatic rings. The molecule has 2 aromatic heterocycles. The maximum atomic E-state index is 13.6. The summed E-state index contributed by atoms with van der Waals surface area (Å²) >= 11 is 0. The summed E-state index contributed by atoms with van der Waals surface area (Å²) in [6, 6.07) is 5.10. The predicted octanol–water partition coefficient (Wildman–Crippen LogP) is 2.43. The van der Waals surface area contributed by atoms with Crippen LogP contribution in [0.15, 0.2) is 36.8 Å². The van der Waals surface area contributed by atoms with Crippen LogP contribution in [0, 0.1) is 11.6 Å². The molecule has 1 fully saturated rings. The molecule has 146 valence electrons. The van der Waals surface area contributed by atoms with Crippen molar-refractivity contribution in [3.63, 3.8) is 0 Å². The Morgan fingerprint density at radius 1 is 1.29 bits per heavy atom. The first-order valence-corrected chi connectivity index (χ1v) is 9.11. The number of benzene rings is 1. The highest BCUT2D eigenvalue weighted by atomic mass is 19.1. The summed E-state index contributed by atoms with van der Waals surface area (Å²) in [4.78, 5) is 26.1. The highest BCUT2D eigenvalue weighted by Gasteiger charge is 2.24. The molecule has 7 nitrogen and oxygen atoms in total. The van der Waals surface area contributed by atoms with E-state index < -0.39 is 11.6 Å². The van der Waals surface area contributed by atoms with Crippen molar-refractivity contribution in [3.05, 3.63) is 48.4 Å². The molecule has 1 atom stereocenters. The van der Waals surface area contributed by atoms with Crippen LogP contribution in [-0.4, -0.2) is 46.5 Å². The predicted molar refractivity (Wildman–Crippen MR) is 102 cm³/mol. The first-order valence-electron chi connectivity index (χ1n) is 9.11. The summed E-state index contributed by atoms with van der Waals surface area (Å²) < 4.78 is 26.6. The van der Waals surface area contributed by atoms with Gasteiger partial charge >= 0.3 is 0 Å². The minimum absolute atomic E-state index is 0.0370. The van der Waals surface area contributed by atoms with E-state index in [1.165, 1.54) is 12.4 Å². The molecule has 0 radical (unpaired) electrons. The zero-order valence-corrected chi connectivity index (χ0v) is 15.1.